The number of hydrogen-bond donors (Lipinski definition) is 2. The molecule has 0 saturated heterocycles. The molecule has 1 aromatic heterocycles. The molecule has 0 radical (unpaired) electrons. The number of nitrogens with one attached hydrogen (secondary N) is 2. The molecule has 0 aliphatic rings. The van der Waals surface area contributed by atoms with E-state index in [1.54, 1.807) is 24.4 Å². The summed E-state index contributed by atoms with van der Waals surface area (Å²) in [7, 11) is 0. The third-order valence-corrected chi connectivity index (χ3v) is 2.89. The van der Waals surface area contributed by atoms with Crippen molar-refractivity contribution in [2.24, 2.45) is 0 Å². The zero-order valence-corrected chi connectivity index (χ0v) is 13.0. The molecular formula is C17H20FN3O. The second kappa shape index (κ2) is 6.56. The van der Waals surface area contributed by atoms with E-state index in [1.165, 1.54) is 18.3 Å². The van der Waals surface area contributed by atoms with E-state index in [1.807, 2.05) is 20.8 Å². The zero-order valence-electron chi connectivity index (χ0n) is 13.0. The van der Waals surface area contributed by atoms with Gasteiger partial charge in [-0.05, 0) is 44.5 Å². The van der Waals surface area contributed by atoms with Crippen LogP contribution in [-0.4, -0.2) is 16.4 Å². The second-order valence-electron chi connectivity index (χ2n) is 6.15. The van der Waals surface area contributed by atoms with Crippen molar-refractivity contribution in [3.63, 3.8) is 0 Å². The van der Waals surface area contributed by atoms with Gasteiger partial charge in [0.15, 0.2) is 0 Å². The highest BCUT2D eigenvalue weighted by molar-refractivity contribution is 5.94. The molecule has 0 fully saturated rings. The summed E-state index contributed by atoms with van der Waals surface area (Å²) in [5.74, 6) is -0.505. The minimum absolute atomic E-state index is 0.106. The van der Waals surface area contributed by atoms with Crippen molar-refractivity contribution in [2.45, 2.75) is 32.9 Å². The average molecular weight is 301 g/mol. The molecule has 2 N–H and O–H groups in total. The predicted octanol–water partition coefficient (Wildman–Crippen LogP) is 3.36. The van der Waals surface area contributed by atoms with Gasteiger partial charge in [0, 0.05) is 24.5 Å². The SMILES string of the molecule is CC(C)(C)Nc1cncc(C(=O)NCc2ccc(F)cc2)c1. The minimum Gasteiger partial charge on any atom is -0.379 e. The highest BCUT2D eigenvalue weighted by Gasteiger charge is 2.12. The van der Waals surface area contributed by atoms with Crippen LogP contribution in [-0.2, 0) is 6.54 Å². The van der Waals surface area contributed by atoms with Gasteiger partial charge in [-0.15, -0.1) is 0 Å². The molecule has 0 atom stereocenters. The molecule has 5 heteroatoms. The maximum absolute atomic E-state index is 12.8. The molecule has 1 heterocycles. The van der Waals surface area contributed by atoms with Crippen molar-refractivity contribution in [3.8, 4) is 0 Å². The van der Waals surface area contributed by atoms with Crippen molar-refractivity contribution in [3.05, 3.63) is 59.7 Å². The molecule has 0 aliphatic heterocycles. The monoisotopic (exact) mass is 301 g/mol. The third-order valence-electron chi connectivity index (χ3n) is 2.89. The number of hydrogen-bond acceptors (Lipinski definition) is 3. The Bertz CT molecular complexity index is 648. The van der Waals surface area contributed by atoms with E-state index in [9.17, 15) is 9.18 Å². The second-order valence-corrected chi connectivity index (χ2v) is 6.15. The number of amides is 1. The van der Waals surface area contributed by atoms with E-state index < -0.39 is 0 Å². The number of benzene rings is 1. The van der Waals surface area contributed by atoms with E-state index in [0.717, 1.165) is 11.3 Å². The molecule has 22 heavy (non-hydrogen) atoms. The number of carbonyl (C=O) groups is 1. The standard InChI is InChI=1S/C17H20FN3O/c1-17(2,3)21-15-8-13(10-19-11-15)16(22)20-9-12-4-6-14(18)7-5-12/h4-8,10-11,21H,9H2,1-3H3,(H,20,22). The van der Waals surface area contributed by atoms with Gasteiger partial charge in [-0.3, -0.25) is 9.78 Å². The van der Waals surface area contributed by atoms with Crippen molar-refractivity contribution in [1.29, 1.82) is 0 Å². The molecular weight excluding hydrogens is 281 g/mol. The summed E-state index contributed by atoms with van der Waals surface area (Å²) in [6, 6.07) is 7.79. The van der Waals surface area contributed by atoms with Crippen LogP contribution in [0.3, 0.4) is 0 Å². The lowest BCUT2D eigenvalue weighted by atomic mass is 10.1. The molecule has 2 rings (SSSR count). The van der Waals surface area contributed by atoms with Gasteiger partial charge in [-0.2, -0.15) is 0 Å². The molecule has 2 aromatic rings. The minimum atomic E-state index is -0.291. The van der Waals surface area contributed by atoms with Gasteiger partial charge < -0.3 is 10.6 Å². The number of halogens is 1. The van der Waals surface area contributed by atoms with Gasteiger partial charge in [-0.25, -0.2) is 4.39 Å². The molecule has 1 aromatic carbocycles. The smallest absolute Gasteiger partial charge is 0.253 e. The van der Waals surface area contributed by atoms with Crippen LogP contribution in [0, 0.1) is 5.82 Å². The first-order valence-corrected chi connectivity index (χ1v) is 7.09. The lowest BCUT2D eigenvalue weighted by Gasteiger charge is -2.22. The van der Waals surface area contributed by atoms with E-state index in [-0.39, 0.29) is 17.3 Å². The highest BCUT2D eigenvalue weighted by atomic mass is 19.1. The number of pyridine rings is 1. The lowest BCUT2D eigenvalue weighted by Crippen LogP contribution is -2.27. The summed E-state index contributed by atoms with van der Waals surface area (Å²) in [5.41, 5.74) is 2.01. The van der Waals surface area contributed by atoms with Crippen LogP contribution < -0.4 is 10.6 Å². The predicted molar refractivity (Wildman–Crippen MR) is 85.2 cm³/mol. The molecule has 1 amide bonds. The molecule has 0 saturated carbocycles. The van der Waals surface area contributed by atoms with E-state index >= 15 is 0 Å². The Hall–Kier alpha value is -2.43. The van der Waals surface area contributed by atoms with Crippen LogP contribution in [0.5, 0.6) is 0 Å². The molecule has 4 nitrogen and oxygen atoms in total. The Balaban J connectivity index is 2.00. The van der Waals surface area contributed by atoms with Crippen LogP contribution in [0.4, 0.5) is 10.1 Å². The Morgan fingerprint density at radius 1 is 1.18 bits per heavy atom. The van der Waals surface area contributed by atoms with Gasteiger partial charge >= 0.3 is 0 Å². The molecule has 0 spiro atoms. The van der Waals surface area contributed by atoms with Crippen LogP contribution in [0.1, 0.15) is 36.7 Å². The first-order chi connectivity index (χ1) is 10.3. The Kier molecular flexibility index (Phi) is 4.75. The Morgan fingerprint density at radius 2 is 1.86 bits per heavy atom. The van der Waals surface area contributed by atoms with Crippen LogP contribution in [0.25, 0.3) is 0 Å². The van der Waals surface area contributed by atoms with Crippen molar-refractivity contribution < 1.29 is 9.18 Å². The normalized spacial score (nSPS) is 11.1. The Morgan fingerprint density at radius 3 is 2.50 bits per heavy atom. The van der Waals surface area contributed by atoms with Crippen LogP contribution in [0.2, 0.25) is 0 Å². The fourth-order valence-corrected chi connectivity index (χ4v) is 1.95. The molecule has 116 valence electrons. The molecule has 0 aliphatic carbocycles. The molecule has 0 unspecified atom stereocenters. The topological polar surface area (TPSA) is 54.0 Å². The zero-order chi connectivity index (χ0) is 16.2. The van der Waals surface area contributed by atoms with Gasteiger partial charge in [0.05, 0.1) is 11.3 Å². The maximum Gasteiger partial charge on any atom is 0.253 e. The summed E-state index contributed by atoms with van der Waals surface area (Å²) in [6.45, 7) is 6.45. The van der Waals surface area contributed by atoms with E-state index in [4.69, 9.17) is 0 Å². The van der Waals surface area contributed by atoms with Gasteiger partial charge in [0.1, 0.15) is 5.82 Å². The fourth-order valence-electron chi connectivity index (χ4n) is 1.95. The number of nitrogens with zero attached hydrogens (tertiary/aromatic N) is 1. The summed E-state index contributed by atoms with van der Waals surface area (Å²) in [5, 5.41) is 6.07. The summed E-state index contributed by atoms with van der Waals surface area (Å²) < 4.78 is 12.8. The number of rotatable bonds is 4. The van der Waals surface area contributed by atoms with E-state index in [0.29, 0.717) is 12.1 Å². The van der Waals surface area contributed by atoms with Gasteiger partial charge in [0.2, 0.25) is 0 Å². The maximum atomic E-state index is 12.8. The van der Waals surface area contributed by atoms with E-state index in [2.05, 4.69) is 15.6 Å². The van der Waals surface area contributed by atoms with Crippen molar-refractivity contribution in [2.75, 3.05) is 5.32 Å². The van der Waals surface area contributed by atoms with Gasteiger partial charge in [0.25, 0.3) is 5.91 Å². The first kappa shape index (κ1) is 15.9. The van der Waals surface area contributed by atoms with Crippen molar-refractivity contribution >= 4 is 11.6 Å². The average Bonchev–Trinajstić information content (AvgIpc) is 2.45. The number of anilines is 1. The Labute approximate surface area is 129 Å². The quantitative estimate of drug-likeness (QED) is 0.910. The van der Waals surface area contributed by atoms with Crippen LogP contribution >= 0.6 is 0 Å². The summed E-state index contributed by atoms with van der Waals surface area (Å²) >= 11 is 0. The van der Waals surface area contributed by atoms with Crippen molar-refractivity contribution in [1.82, 2.24) is 10.3 Å². The fraction of sp³-hybridized carbons (Fsp3) is 0.294. The lowest BCUT2D eigenvalue weighted by molar-refractivity contribution is 0.0950. The van der Waals surface area contributed by atoms with Crippen LogP contribution in [0.15, 0.2) is 42.7 Å². The third kappa shape index (κ3) is 4.84. The first-order valence-electron chi connectivity index (χ1n) is 7.09. The highest BCUT2D eigenvalue weighted by Crippen LogP contribution is 2.14. The number of carbonyl (C=O) groups excluding carboxylic acids is 1. The van der Waals surface area contributed by atoms with Gasteiger partial charge in [-0.1, -0.05) is 12.1 Å². The number of aromatic nitrogens is 1. The summed E-state index contributed by atoms with van der Waals surface area (Å²) in [6.07, 6.45) is 3.20. The largest absolute Gasteiger partial charge is 0.379 e. The molecule has 0 bridgehead atoms. The summed E-state index contributed by atoms with van der Waals surface area (Å²) in [4.78, 5) is 16.2.